The largest absolute Gasteiger partial charge is 0.480 e. The van der Waals surface area contributed by atoms with Crippen LogP contribution in [0.1, 0.15) is 117 Å². The topological polar surface area (TPSA) is 152 Å². The van der Waals surface area contributed by atoms with E-state index in [1.165, 1.54) is 70.6 Å². The van der Waals surface area contributed by atoms with Crippen molar-refractivity contribution in [2.45, 2.75) is 123 Å². The lowest BCUT2D eigenvalue weighted by molar-refractivity contribution is -0.143. The van der Waals surface area contributed by atoms with E-state index in [9.17, 15) is 9.59 Å². The number of esters is 1. The number of nitrogens with one attached hydrogen (secondary N) is 2. The summed E-state index contributed by atoms with van der Waals surface area (Å²) in [6.45, 7) is 5.11. The molecule has 7 N–H and O–H groups in total. The van der Waals surface area contributed by atoms with E-state index in [1.54, 1.807) is 0 Å². The molecule has 1 unspecified atom stereocenters. The zero-order valence-electron chi connectivity index (χ0n) is 21.8. The van der Waals surface area contributed by atoms with Crippen molar-refractivity contribution in [3.63, 3.8) is 0 Å². The molecule has 0 aliphatic heterocycles. The van der Waals surface area contributed by atoms with Gasteiger partial charge in [-0.05, 0) is 51.9 Å². The molecular formula is C26H52N4O4. The summed E-state index contributed by atoms with van der Waals surface area (Å²) >= 11 is 0. The Bertz CT molecular complexity index is 527. The van der Waals surface area contributed by atoms with Crippen molar-refractivity contribution in [1.29, 1.82) is 5.41 Å². The standard InChI is InChI=1S/C20H38O2.C6H14N4O2/c1-3-5-6-7-8-9-10-11-12-13-14-15-16-17-18-19-20(21)22-4-2;7-4(5(11)12)2-1-3-10-6(8)9/h11-12H,3-10,13-19H2,1-2H3;4H,1-3,7H2,(H,11,12)(H4,8,9,10)/b12-11-;. The van der Waals surface area contributed by atoms with Gasteiger partial charge in [-0.2, -0.15) is 0 Å². The predicted octanol–water partition coefficient (Wildman–Crippen LogP) is 5.25. The Morgan fingerprint density at radius 3 is 1.94 bits per heavy atom. The maximum absolute atomic E-state index is 11.1. The SMILES string of the molecule is CCCCCCCC/C=C\CCCCCCCC(=O)OCC.N=C(N)NCCCC(N)C(=O)O. The van der Waals surface area contributed by atoms with Crippen molar-refractivity contribution in [3.05, 3.63) is 12.2 Å². The van der Waals surface area contributed by atoms with Gasteiger partial charge in [0.05, 0.1) is 6.61 Å². The molecule has 0 aromatic rings. The quantitative estimate of drug-likeness (QED) is 0.0490. The number of allylic oxidation sites excluding steroid dienone is 2. The first-order valence-corrected chi connectivity index (χ1v) is 13.2. The van der Waals surface area contributed by atoms with Crippen LogP contribution >= 0.6 is 0 Å². The first-order chi connectivity index (χ1) is 16.3. The molecule has 8 nitrogen and oxygen atoms in total. The fourth-order valence-corrected chi connectivity index (χ4v) is 3.24. The zero-order chi connectivity index (χ0) is 25.9. The predicted molar refractivity (Wildman–Crippen MR) is 141 cm³/mol. The second-order valence-electron chi connectivity index (χ2n) is 8.57. The second kappa shape index (κ2) is 27.2. The Hall–Kier alpha value is -2.09. The van der Waals surface area contributed by atoms with Crippen LogP contribution < -0.4 is 16.8 Å². The lowest BCUT2D eigenvalue weighted by Crippen LogP contribution is -2.34. The van der Waals surface area contributed by atoms with E-state index in [1.807, 2.05) is 6.92 Å². The summed E-state index contributed by atoms with van der Waals surface area (Å²) in [6.07, 6.45) is 23.0. The van der Waals surface area contributed by atoms with Crippen molar-refractivity contribution in [3.8, 4) is 0 Å². The molecule has 0 saturated carbocycles. The van der Waals surface area contributed by atoms with Crippen LogP contribution in [0.15, 0.2) is 12.2 Å². The van der Waals surface area contributed by atoms with Crippen LogP contribution in [-0.4, -0.2) is 42.2 Å². The third kappa shape index (κ3) is 29.9. The van der Waals surface area contributed by atoms with Crippen molar-refractivity contribution in [1.82, 2.24) is 5.32 Å². The van der Waals surface area contributed by atoms with Gasteiger partial charge in [-0.1, -0.05) is 70.4 Å². The lowest BCUT2D eigenvalue weighted by atomic mass is 10.1. The van der Waals surface area contributed by atoms with Gasteiger partial charge in [-0.15, -0.1) is 0 Å². The average molecular weight is 485 g/mol. The maximum atomic E-state index is 11.1. The van der Waals surface area contributed by atoms with E-state index in [2.05, 4.69) is 24.4 Å². The molecule has 8 heteroatoms. The Morgan fingerprint density at radius 2 is 1.44 bits per heavy atom. The van der Waals surface area contributed by atoms with Crippen LogP contribution in [0.5, 0.6) is 0 Å². The van der Waals surface area contributed by atoms with E-state index in [-0.39, 0.29) is 11.9 Å². The highest BCUT2D eigenvalue weighted by molar-refractivity contribution is 5.74. The highest BCUT2D eigenvalue weighted by atomic mass is 16.5. The molecule has 34 heavy (non-hydrogen) atoms. The minimum absolute atomic E-state index is 0.0415. The molecule has 0 aromatic carbocycles. The molecule has 0 radical (unpaired) electrons. The summed E-state index contributed by atoms with van der Waals surface area (Å²) in [7, 11) is 0. The van der Waals surface area contributed by atoms with E-state index in [0.717, 1.165) is 12.8 Å². The third-order valence-electron chi connectivity index (χ3n) is 5.27. The fourth-order valence-electron chi connectivity index (χ4n) is 3.24. The number of carboxylic acids is 1. The summed E-state index contributed by atoms with van der Waals surface area (Å²) in [4.78, 5) is 21.4. The van der Waals surface area contributed by atoms with Gasteiger partial charge < -0.3 is 26.6 Å². The molecule has 0 fully saturated rings. The number of hydrogen-bond donors (Lipinski definition) is 5. The molecule has 0 heterocycles. The number of guanidine groups is 1. The first kappa shape index (κ1) is 34.1. The molecule has 0 saturated heterocycles. The van der Waals surface area contributed by atoms with Crippen molar-refractivity contribution >= 4 is 17.9 Å². The number of carbonyl (C=O) groups excluding carboxylic acids is 1. The van der Waals surface area contributed by atoms with Crippen LogP contribution in [0.4, 0.5) is 0 Å². The molecular weight excluding hydrogens is 432 g/mol. The molecule has 1 atom stereocenters. The smallest absolute Gasteiger partial charge is 0.320 e. The average Bonchev–Trinajstić information content (AvgIpc) is 2.79. The summed E-state index contributed by atoms with van der Waals surface area (Å²) in [5.74, 6) is -1.16. The summed E-state index contributed by atoms with van der Waals surface area (Å²) in [6, 6.07) is -0.821. The molecule has 0 rings (SSSR count). The number of nitrogens with two attached hydrogens (primary N) is 2. The van der Waals surface area contributed by atoms with Gasteiger partial charge in [0.15, 0.2) is 5.96 Å². The van der Waals surface area contributed by atoms with E-state index >= 15 is 0 Å². The Morgan fingerprint density at radius 1 is 0.912 bits per heavy atom. The van der Waals surface area contributed by atoms with Gasteiger partial charge in [0.25, 0.3) is 0 Å². The molecule has 0 bridgehead atoms. The van der Waals surface area contributed by atoms with E-state index in [4.69, 9.17) is 26.7 Å². The molecule has 0 aromatic heterocycles. The van der Waals surface area contributed by atoms with E-state index < -0.39 is 12.0 Å². The lowest BCUT2D eigenvalue weighted by Gasteiger charge is -2.06. The summed E-state index contributed by atoms with van der Waals surface area (Å²) < 4.78 is 4.91. The van der Waals surface area contributed by atoms with Crippen molar-refractivity contribution < 1.29 is 19.4 Å². The molecule has 0 amide bonds. The molecule has 200 valence electrons. The van der Waals surface area contributed by atoms with Crippen LogP contribution in [0.25, 0.3) is 0 Å². The Kier molecular flexibility index (Phi) is 27.2. The van der Waals surface area contributed by atoms with E-state index in [0.29, 0.717) is 32.4 Å². The maximum Gasteiger partial charge on any atom is 0.320 e. The number of rotatable bonds is 21. The van der Waals surface area contributed by atoms with Gasteiger partial charge in [-0.3, -0.25) is 15.0 Å². The Balaban J connectivity index is 0. The van der Waals surface area contributed by atoms with Gasteiger partial charge in [-0.25, -0.2) is 0 Å². The van der Waals surface area contributed by atoms with Gasteiger partial charge >= 0.3 is 11.9 Å². The summed E-state index contributed by atoms with van der Waals surface area (Å²) in [5, 5.41) is 17.7. The number of hydrogen-bond acceptors (Lipinski definition) is 5. The summed E-state index contributed by atoms with van der Waals surface area (Å²) in [5.41, 5.74) is 10.2. The monoisotopic (exact) mass is 484 g/mol. The molecule has 0 aliphatic carbocycles. The van der Waals surface area contributed by atoms with Crippen LogP contribution in [-0.2, 0) is 14.3 Å². The van der Waals surface area contributed by atoms with Crippen molar-refractivity contribution in [2.75, 3.05) is 13.2 Å². The minimum Gasteiger partial charge on any atom is -0.480 e. The van der Waals surface area contributed by atoms with Gasteiger partial charge in [0.1, 0.15) is 6.04 Å². The van der Waals surface area contributed by atoms with Crippen molar-refractivity contribution in [2.24, 2.45) is 11.5 Å². The number of carboxylic acid groups (broad SMARTS) is 1. The highest BCUT2D eigenvalue weighted by Crippen LogP contribution is 2.10. The number of carbonyl (C=O) groups is 2. The molecule has 0 spiro atoms. The number of aliphatic carboxylic acids is 1. The van der Waals surface area contributed by atoms with Gasteiger partial charge in [0, 0.05) is 13.0 Å². The van der Waals surface area contributed by atoms with Crippen LogP contribution in [0, 0.1) is 5.41 Å². The van der Waals surface area contributed by atoms with Crippen LogP contribution in [0.2, 0.25) is 0 Å². The first-order valence-electron chi connectivity index (χ1n) is 13.2. The molecule has 0 aliphatic rings. The third-order valence-corrected chi connectivity index (χ3v) is 5.27. The highest BCUT2D eigenvalue weighted by Gasteiger charge is 2.09. The zero-order valence-corrected chi connectivity index (χ0v) is 21.8. The normalized spacial score (nSPS) is 11.5. The number of unbranched alkanes of at least 4 members (excludes halogenated alkanes) is 11. The minimum atomic E-state index is -1.00. The van der Waals surface area contributed by atoms with Gasteiger partial charge in [0.2, 0.25) is 0 Å². The Labute approximate surface area is 207 Å². The fraction of sp³-hybridized carbons (Fsp3) is 0.808. The second-order valence-corrected chi connectivity index (χ2v) is 8.57. The van der Waals surface area contributed by atoms with Crippen LogP contribution in [0.3, 0.4) is 0 Å². The number of ether oxygens (including phenoxy) is 1.